The summed E-state index contributed by atoms with van der Waals surface area (Å²) >= 11 is 0. The molecule has 0 aromatic carbocycles. The summed E-state index contributed by atoms with van der Waals surface area (Å²) in [6, 6.07) is 1.79. The predicted octanol–water partition coefficient (Wildman–Crippen LogP) is 0.282. The summed E-state index contributed by atoms with van der Waals surface area (Å²) in [6.07, 6.45) is 4.14. The molecule has 3 rings (SSSR count). The summed E-state index contributed by atoms with van der Waals surface area (Å²) in [5, 5.41) is 14.4. The van der Waals surface area contributed by atoms with Crippen LogP contribution in [0.15, 0.2) is 18.5 Å². The molecule has 1 aromatic rings. The number of nitrogens with one attached hydrogen (secondary N) is 1. The fourth-order valence-electron chi connectivity index (χ4n) is 4.90. The van der Waals surface area contributed by atoms with Gasteiger partial charge in [-0.2, -0.15) is 5.10 Å². The molecule has 2 fully saturated rings. The van der Waals surface area contributed by atoms with Crippen LogP contribution in [0.25, 0.3) is 0 Å². The molecule has 1 aliphatic heterocycles. The van der Waals surface area contributed by atoms with Crippen molar-refractivity contribution in [2.45, 2.75) is 51.4 Å². The summed E-state index contributed by atoms with van der Waals surface area (Å²) in [4.78, 5) is 2.31. The molecule has 1 saturated heterocycles. The van der Waals surface area contributed by atoms with Gasteiger partial charge >= 0.3 is 0 Å². The second-order valence-electron chi connectivity index (χ2n) is 7.75. The van der Waals surface area contributed by atoms with Crippen molar-refractivity contribution >= 4 is 10.0 Å². The fourth-order valence-corrected chi connectivity index (χ4v) is 6.15. The largest absolute Gasteiger partial charge is 0.391 e. The van der Waals surface area contributed by atoms with Gasteiger partial charge in [-0.05, 0) is 31.9 Å². The number of aliphatic hydroxyl groups excluding tert-OH is 1. The molecular weight excluding hydrogens is 328 g/mol. The Morgan fingerprint density at radius 3 is 2.75 bits per heavy atom. The van der Waals surface area contributed by atoms with Crippen molar-refractivity contribution < 1.29 is 13.5 Å². The molecule has 0 amide bonds. The number of rotatable bonds is 6. The van der Waals surface area contributed by atoms with E-state index in [1.807, 2.05) is 0 Å². The van der Waals surface area contributed by atoms with Crippen molar-refractivity contribution in [1.82, 2.24) is 19.4 Å². The number of aryl methyl sites for hydroxylation is 1. The topological polar surface area (TPSA) is 87.5 Å². The standard InChI is InChI=1S/C16H28N4O3S/c1-12(2)15-16(11-19(15)3)9-13(14(21)10-16)18-24(22,23)8-7-20-6-4-5-17-20/h4-6,12-15,18,21H,7-11H2,1-3H3/t13-,14-,15?,16?/m1/s1. The van der Waals surface area contributed by atoms with E-state index in [9.17, 15) is 13.5 Å². The van der Waals surface area contributed by atoms with Crippen LogP contribution >= 0.6 is 0 Å². The summed E-state index contributed by atoms with van der Waals surface area (Å²) in [5.74, 6) is 0.462. The molecule has 4 atom stereocenters. The lowest BCUT2D eigenvalue weighted by molar-refractivity contribution is -0.0827. The zero-order valence-corrected chi connectivity index (χ0v) is 15.4. The first kappa shape index (κ1) is 17.8. The van der Waals surface area contributed by atoms with Crippen molar-refractivity contribution in [3.63, 3.8) is 0 Å². The average molecular weight is 356 g/mol. The monoisotopic (exact) mass is 356 g/mol. The number of hydrogen-bond acceptors (Lipinski definition) is 5. The molecule has 0 bridgehead atoms. The number of hydrogen-bond donors (Lipinski definition) is 2. The Kier molecular flexibility index (Phi) is 4.76. The highest BCUT2D eigenvalue weighted by molar-refractivity contribution is 7.89. The Hall–Kier alpha value is -0.960. The minimum absolute atomic E-state index is 0.0294. The average Bonchev–Trinajstić information content (AvgIpc) is 3.05. The Morgan fingerprint density at radius 1 is 1.42 bits per heavy atom. The molecule has 1 aliphatic carbocycles. The van der Waals surface area contributed by atoms with Gasteiger partial charge in [-0.3, -0.25) is 4.68 Å². The van der Waals surface area contributed by atoms with E-state index in [0.717, 1.165) is 6.54 Å². The number of likely N-dealkylation sites (tertiary alicyclic amines) is 1. The minimum atomic E-state index is -3.44. The van der Waals surface area contributed by atoms with Crippen LogP contribution in [-0.4, -0.2) is 65.7 Å². The minimum Gasteiger partial charge on any atom is -0.391 e. The zero-order valence-electron chi connectivity index (χ0n) is 14.6. The van der Waals surface area contributed by atoms with Gasteiger partial charge in [0.25, 0.3) is 0 Å². The highest BCUT2D eigenvalue weighted by atomic mass is 32.2. The van der Waals surface area contributed by atoms with Crippen molar-refractivity contribution in [2.75, 3.05) is 19.3 Å². The van der Waals surface area contributed by atoms with Gasteiger partial charge in [-0.15, -0.1) is 0 Å². The molecule has 136 valence electrons. The van der Waals surface area contributed by atoms with Crippen molar-refractivity contribution in [1.29, 1.82) is 0 Å². The highest BCUT2D eigenvalue weighted by Crippen LogP contribution is 2.52. The molecule has 2 heterocycles. The number of aliphatic hydroxyl groups is 1. The summed E-state index contributed by atoms with van der Waals surface area (Å²) in [7, 11) is -1.34. The molecule has 2 unspecified atom stereocenters. The lowest BCUT2D eigenvalue weighted by atomic mass is 9.66. The van der Waals surface area contributed by atoms with E-state index < -0.39 is 16.1 Å². The molecule has 0 radical (unpaired) electrons. The quantitative estimate of drug-likeness (QED) is 0.765. The van der Waals surface area contributed by atoms with Crippen molar-refractivity contribution in [2.24, 2.45) is 11.3 Å². The molecular formula is C16H28N4O3S. The number of nitrogens with zero attached hydrogens (tertiary/aromatic N) is 3. The second-order valence-corrected chi connectivity index (χ2v) is 9.63. The van der Waals surface area contributed by atoms with Crippen molar-refractivity contribution in [3.8, 4) is 0 Å². The SMILES string of the molecule is CC(C)C1N(C)CC12C[C@@H](O)[C@H](NS(=O)(=O)CCn1cccn1)C2. The van der Waals surface area contributed by atoms with E-state index >= 15 is 0 Å². The molecule has 2 N–H and O–H groups in total. The van der Waals surface area contributed by atoms with Crippen LogP contribution in [0.1, 0.15) is 26.7 Å². The third-order valence-corrected chi connectivity index (χ3v) is 6.87. The van der Waals surface area contributed by atoms with Gasteiger partial charge in [0.15, 0.2) is 0 Å². The third kappa shape index (κ3) is 3.37. The Balaban J connectivity index is 1.61. The number of sulfonamides is 1. The van der Waals surface area contributed by atoms with Crippen LogP contribution in [0.3, 0.4) is 0 Å². The fraction of sp³-hybridized carbons (Fsp3) is 0.812. The maximum Gasteiger partial charge on any atom is 0.213 e. The molecule has 2 aliphatic rings. The Labute approximate surface area is 144 Å². The van der Waals surface area contributed by atoms with Gasteiger partial charge in [-0.1, -0.05) is 13.8 Å². The zero-order chi connectivity index (χ0) is 17.5. The van der Waals surface area contributed by atoms with Crippen LogP contribution in [0, 0.1) is 11.3 Å². The first-order valence-electron chi connectivity index (χ1n) is 8.58. The van der Waals surface area contributed by atoms with E-state index in [-0.39, 0.29) is 17.2 Å². The normalized spacial score (nSPS) is 34.1. The van der Waals surface area contributed by atoms with E-state index in [0.29, 0.717) is 31.3 Å². The van der Waals surface area contributed by atoms with Crippen LogP contribution in [0.4, 0.5) is 0 Å². The molecule has 1 saturated carbocycles. The van der Waals surface area contributed by atoms with Crippen LogP contribution in [0.5, 0.6) is 0 Å². The first-order valence-corrected chi connectivity index (χ1v) is 10.2. The maximum absolute atomic E-state index is 12.4. The van der Waals surface area contributed by atoms with Gasteiger partial charge < -0.3 is 10.0 Å². The van der Waals surface area contributed by atoms with Crippen LogP contribution < -0.4 is 4.72 Å². The van der Waals surface area contributed by atoms with E-state index in [2.05, 4.69) is 35.6 Å². The van der Waals surface area contributed by atoms with Gasteiger partial charge in [-0.25, -0.2) is 13.1 Å². The molecule has 7 nitrogen and oxygen atoms in total. The first-order chi connectivity index (χ1) is 11.2. The summed E-state index contributed by atoms with van der Waals surface area (Å²) < 4.78 is 29.0. The molecule has 24 heavy (non-hydrogen) atoms. The second kappa shape index (κ2) is 6.40. The summed E-state index contributed by atoms with van der Waals surface area (Å²) in [5.41, 5.74) is 0.0392. The molecule has 8 heteroatoms. The maximum atomic E-state index is 12.4. The van der Waals surface area contributed by atoms with Crippen LogP contribution in [-0.2, 0) is 16.6 Å². The Morgan fingerprint density at radius 2 is 2.17 bits per heavy atom. The van der Waals surface area contributed by atoms with Gasteiger partial charge in [0, 0.05) is 36.4 Å². The van der Waals surface area contributed by atoms with E-state index in [1.54, 1.807) is 23.1 Å². The Bertz CT molecular complexity index is 656. The van der Waals surface area contributed by atoms with Gasteiger partial charge in [0.05, 0.1) is 18.4 Å². The van der Waals surface area contributed by atoms with Gasteiger partial charge in [0.1, 0.15) is 0 Å². The third-order valence-electron chi connectivity index (χ3n) is 5.48. The lowest BCUT2D eigenvalue weighted by Crippen LogP contribution is -2.64. The van der Waals surface area contributed by atoms with Crippen LogP contribution in [0.2, 0.25) is 0 Å². The number of aromatic nitrogens is 2. The van der Waals surface area contributed by atoms with E-state index in [1.165, 1.54) is 0 Å². The molecule has 1 spiro atoms. The highest BCUT2D eigenvalue weighted by Gasteiger charge is 2.58. The smallest absolute Gasteiger partial charge is 0.213 e. The van der Waals surface area contributed by atoms with E-state index in [4.69, 9.17) is 0 Å². The summed E-state index contributed by atoms with van der Waals surface area (Å²) in [6.45, 7) is 5.62. The van der Waals surface area contributed by atoms with Gasteiger partial charge in [0.2, 0.25) is 10.0 Å². The lowest BCUT2D eigenvalue weighted by Gasteiger charge is -2.57. The van der Waals surface area contributed by atoms with Crippen molar-refractivity contribution in [3.05, 3.63) is 18.5 Å². The molecule has 1 aromatic heterocycles. The predicted molar refractivity (Wildman–Crippen MR) is 91.9 cm³/mol.